The van der Waals surface area contributed by atoms with Crippen LogP contribution < -0.4 is 11.1 Å². The Hall–Kier alpha value is -1.51. The topological polar surface area (TPSA) is 107 Å². The van der Waals surface area contributed by atoms with Crippen molar-refractivity contribution in [2.45, 2.75) is 6.10 Å². The number of nitro groups is 1. The van der Waals surface area contributed by atoms with Gasteiger partial charge in [-0.15, -0.1) is 0 Å². The van der Waals surface area contributed by atoms with Crippen molar-refractivity contribution in [2.75, 3.05) is 19.0 Å². The highest BCUT2D eigenvalue weighted by Crippen LogP contribution is 2.27. The van der Waals surface area contributed by atoms with E-state index in [-0.39, 0.29) is 12.2 Å². The molecule has 0 fully saturated rings. The minimum Gasteiger partial charge on any atom is -0.370 e. The smallest absolute Gasteiger partial charge is 0.285 e. The van der Waals surface area contributed by atoms with Gasteiger partial charge in [0.05, 0.1) is 9.40 Å². The van der Waals surface area contributed by atoms with E-state index in [0.717, 1.165) is 0 Å². The Labute approximate surface area is 112 Å². The summed E-state index contributed by atoms with van der Waals surface area (Å²) in [6.07, 6.45) is -0.785. The fraction of sp³-hybridized carbons (Fsp3) is 0.300. The van der Waals surface area contributed by atoms with Crippen molar-refractivity contribution >= 4 is 33.2 Å². The second-order valence-electron chi connectivity index (χ2n) is 3.37. The number of carbonyl (C=O) groups is 1. The molecule has 0 spiro atoms. The third kappa shape index (κ3) is 3.49. The van der Waals surface area contributed by atoms with E-state index in [0.29, 0.717) is 10.2 Å². The highest BCUT2D eigenvalue weighted by Gasteiger charge is 2.18. The largest absolute Gasteiger partial charge is 0.370 e. The third-order valence-corrected chi connectivity index (χ3v) is 2.87. The van der Waals surface area contributed by atoms with Crippen LogP contribution in [-0.4, -0.2) is 30.6 Å². The Morgan fingerprint density at radius 1 is 1.67 bits per heavy atom. The highest BCUT2D eigenvalue weighted by atomic mass is 79.9. The maximum Gasteiger partial charge on any atom is 0.285 e. The van der Waals surface area contributed by atoms with Crippen molar-refractivity contribution in [3.8, 4) is 0 Å². The number of nitrogens with one attached hydrogen (secondary N) is 1. The fourth-order valence-corrected chi connectivity index (χ4v) is 1.65. The molecule has 1 unspecified atom stereocenters. The van der Waals surface area contributed by atoms with Crippen molar-refractivity contribution in [3.05, 3.63) is 32.8 Å². The van der Waals surface area contributed by atoms with Crippen molar-refractivity contribution in [1.82, 2.24) is 0 Å². The van der Waals surface area contributed by atoms with Gasteiger partial charge in [0.25, 0.3) is 11.6 Å². The van der Waals surface area contributed by atoms with E-state index in [1.165, 1.54) is 25.3 Å². The number of nitro benzene ring substituents is 1. The number of methoxy groups -OCH3 is 1. The molecule has 18 heavy (non-hydrogen) atoms. The monoisotopic (exact) mass is 317 g/mol. The van der Waals surface area contributed by atoms with E-state index in [4.69, 9.17) is 10.5 Å². The zero-order chi connectivity index (χ0) is 13.7. The second-order valence-corrected chi connectivity index (χ2v) is 4.23. The molecule has 0 aliphatic heterocycles. The summed E-state index contributed by atoms with van der Waals surface area (Å²) in [5.74, 6) is -0.448. The second kappa shape index (κ2) is 6.43. The SMILES string of the molecule is COC(CN)C(=O)Nc1ccc(Br)c([N+](=O)[O-])c1. The third-order valence-electron chi connectivity index (χ3n) is 2.20. The normalized spacial score (nSPS) is 11.9. The van der Waals surface area contributed by atoms with Crippen LogP contribution in [0, 0.1) is 10.1 Å². The average molecular weight is 318 g/mol. The lowest BCUT2D eigenvalue weighted by atomic mass is 10.2. The number of halogens is 1. The van der Waals surface area contributed by atoms with Crippen molar-refractivity contribution in [2.24, 2.45) is 5.73 Å². The number of hydrogen-bond acceptors (Lipinski definition) is 5. The lowest BCUT2D eigenvalue weighted by molar-refractivity contribution is -0.385. The molecule has 3 N–H and O–H groups in total. The molecule has 0 aromatic heterocycles. The zero-order valence-corrected chi connectivity index (χ0v) is 11.1. The van der Waals surface area contributed by atoms with Crippen LogP contribution in [0.1, 0.15) is 0 Å². The molecule has 98 valence electrons. The van der Waals surface area contributed by atoms with E-state index in [1.54, 1.807) is 0 Å². The van der Waals surface area contributed by atoms with Crippen molar-refractivity contribution < 1.29 is 14.5 Å². The zero-order valence-electron chi connectivity index (χ0n) is 9.55. The number of nitrogens with zero attached hydrogens (tertiary/aromatic N) is 1. The summed E-state index contributed by atoms with van der Waals surface area (Å²) in [7, 11) is 1.36. The quantitative estimate of drug-likeness (QED) is 0.628. The van der Waals surface area contributed by atoms with Crippen LogP contribution in [0.2, 0.25) is 0 Å². The van der Waals surface area contributed by atoms with Gasteiger partial charge in [-0.3, -0.25) is 14.9 Å². The van der Waals surface area contributed by atoms with Gasteiger partial charge < -0.3 is 15.8 Å². The molecule has 8 heteroatoms. The molecule has 1 rings (SSSR count). The number of carbonyl (C=O) groups excluding carboxylic acids is 1. The molecule has 0 radical (unpaired) electrons. The molecule has 0 aliphatic carbocycles. The molecule has 1 atom stereocenters. The lowest BCUT2D eigenvalue weighted by Gasteiger charge is -2.12. The molecule has 0 aliphatic rings. The number of rotatable bonds is 5. The van der Waals surface area contributed by atoms with Gasteiger partial charge >= 0.3 is 0 Å². The molecule has 1 amide bonds. The van der Waals surface area contributed by atoms with Crippen LogP contribution in [-0.2, 0) is 9.53 Å². The predicted octanol–water partition coefficient (Wildman–Crippen LogP) is 1.27. The summed E-state index contributed by atoms with van der Waals surface area (Å²) < 4.78 is 5.20. The highest BCUT2D eigenvalue weighted by molar-refractivity contribution is 9.10. The summed E-state index contributed by atoms with van der Waals surface area (Å²) in [6, 6.07) is 4.28. The summed E-state index contributed by atoms with van der Waals surface area (Å²) in [5.41, 5.74) is 5.52. The molecule has 0 saturated heterocycles. The fourth-order valence-electron chi connectivity index (χ4n) is 1.26. The van der Waals surface area contributed by atoms with Gasteiger partial charge in [0.15, 0.2) is 0 Å². The Morgan fingerprint density at radius 3 is 2.83 bits per heavy atom. The molecule has 1 aromatic carbocycles. The van der Waals surface area contributed by atoms with Crippen LogP contribution in [0.4, 0.5) is 11.4 Å². The number of ether oxygens (including phenoxy) is 1. The summed E-state index contributed by atoms with van der Waals surface area (Å²) in [5, 5.41) is 13.2. The maximum absolute atomic E-state index is 11.6. The Balaban J connectivity index is 2.89. The number of amides is 1. The number of nitrogens with two attached hydrogens (primary N) is 1. The van der Waals surface area contributed by atoms with Crippen LogP contribution in [0.15, 0.2) is 22.7 Å². The van der Waals surface area contributed by atoms with E-state index in [1.807, 2.05) is 0 Å². The molecule has 0 heterocycles. The van der Waals surface area contributed by atoms with Crippen LogP contribution in [0.5, 0.6) is 0 Å². The Kier molecular flexibility index (Phi) is 5.20. The Bertz CT molecular complexity index is 462. The van der Waals surface area contributed by atoms with Gasteiger partial charge in [-0.2, -0.15) is 0 Å². The molecule has 0 saturated carbocycles. The minimum absolute atomic E-state index is 0.0287. The summed E-state index contributed by atoms with van der Waals surface area (Å²) in [6.45, 7) is 0.0287. The van der Waals surface area contributed by atoms with Gasteiger partial charge in [0.1, 0.15) is 6.10 Å². The van der Waals surface area contributed by atoms with E-state index < -0.39 is 16.9 Å². The predicted molar refractivity (Wildman–Crippen MR) is 69.3 cm³/mol. The standard InChI is InChI=1S/C10H12BrN3O4/c1-18-9(5-12)10(15)13-6-2-3-7(11)8(4-6)14(16)17/h2-4,9H,5,12H2,1H3,(H,13,15). The minimum atomic E-state index is -0.785. The van der Waals surface area contributed by atoms with E-state index in [2.05, 4.69) is 21.2 Å². The van der Waals surface area contributed by atoms with Gasteiger partial charge in [0.2, 0.25) is 0 Å². The van der Waals surface area contributed by atoms with Gasteiger partial charge in [-0.1, -0.05) is 0 Å². The van der Waals surface area contributed by atoms with Crippen molar-refractivity contribution in [3.63, 3.8) is 0 Å². The first-order valence-corrected chi connectivity index (χ1v) is 5.76. The number of benzene rings is 1. The Morgan fingerprint density at radius 2 is 2.33 bits per heavy atom. The number of hydrogen-bond donors (Lipinski definition) is 2. The molecule has 7 nitrogen and oxygen atoms in total. The first-order chi connectivity index (χ1) is 8.49. The average Bonchev–Trinajstić information content (AvgIpc) is 2.32. The van der Waals surface area contributed by atoms with E-state index >= 15 is 0 Å². The lowest BCUT2D eigenvalue weighted by Crippen LogP contribution is -2.35. The molecular formula is C10H12BrN3O4. The van der Waals surface area contributed by atoms with Crippen LogP contribution >= 0.6 is 15.9 Å². The first-order valence-electron chi connectivity index (χ1n) is 4.97. The first kappa shape index (κ1) is 14.6. The molecule has 1 aromatic rings. The number of anilines is 1. The van der Waals surface area contributed by atoms with Gasteiger partial charge in [-0.05, 0) is 28.1 Å². The summed E-state index contributed by atoms with van der Waals surface area (Å²) >= 11 is 3.05. The van der Waals surface area contributed by atoms with Crippen LogP contribution in [0.3, 0.4) is 0 Å². The summed E-state index contributed by atoms with van der Waals surface area (Å²) in [4.78, 5) is 21.8. The van der Waals surface area contributed by atoms with Gasteiger partial charge in [0, 0.05) is 25.4 Å². The van der Waals surface area contributed by atoms with E-state index in [9.17, 15) is 14.9 Å². The maximum atomic E-state index is 11.6. The molecular weight excluding hydrogens is 306 g/mol. The van der Waals surface area contributed by atoms with Gasteiger partial charge in [-0.25, -0.2) is 0 Å². The van der Waals surface area contributed by atoms with Crippen molar-refractivity contribution in [1.29, 1.82) is 0 Å². The van der Waals surface area contributed by atoms with Crippen LogP contribution in [0.25, 0.3) is 0 Å². The molecule has 0 bridgehead atoms.